The predicted octanol–water partition coefficient (Wildman–Crippen LogP) is 2.46. The quantitative estimate of drug-likeness (QED) is 0.913. The molecule has 5 nitrogen and oxygen atoms in total. The molecule has 98 valence electrons. The number of carbonyl (C=O) groups is 1. The summed E-state index contributed by atoms with van der Waals surface area (Å²) in [6, 6.07) is 8.50. The van der Waals surface area contributed by atoms with Crippen molar-refractivity contribution in [2.75, 3.05) is 14.2 Å². The molecule has 0 aliphatic rings. The van der Waals surface area contributed by atoms with Crippen molar-refractivity contribution >= 4 is 5.97 Å². The highest BCUT2D eigenvalue weighted by Gasteiger charge is 2.12. The van der Waals surface area contributed by atoms with Crippen LogP contribution in [0, 0.1) is 0 Å². The Bertz CT molecular complexity index is 593. The average Bonchev–Trinajstić information content (AvgIpc) is 2.46. The fourth-order valence-electron chi connectivity index (χ4n) is 1.72. The van der Waals surface area contributed by atoms with Gasteiger partial charge in [0.15, 0.2) is 0 Å². The summed E-state index contributed by atoms with van der Waals surface area (Å²) in [4.78, 5) is 15.1. The lowest BCUT2D eigenvalue weighted by atomic mass is 10.0. The Morgan fingerprint density at radius 3 is 2.37 bits per heavy atom. The fourth-order valence-corrected chi connectivity index (χ4v) is 1.72. The molecule has 0 atom stereocenters. The van der Waals surface area contributed by atoms with Gasteiger partial charge in [-0.2, -0.15) is 0 Å². The number of pyridine rings is 1. The lowest BCUT2D eigenvalue weighted by Crippen LogP contribution is -2.00. The van der Waals surface area contributed by atoms with Crippen molar-refractivity contribution in [2.45, 2.75) is 0 Å². The van der Waals surface area contributed by atoms with Crippen molar-refractivity contribution in [3.8, 4) is 22.8 Å². The number of carboxylic acid groups (broad SMARTS) is 1. The van der Waals surface area contributed by atoms with E-state index in [1.165, 1.54) is 13.2 Å². The summed E-state index contributed by atoms with van der Waals surface area (Å²) < 4.78 is 10.1. The van der Waals surface area contributed by atoms with E-state index in [2.05, 4.69) is 4.98 Å². The second-order valence-electron chi connectivity index (χ2n) is 3.81. The van der Waals surface area contributed by atoms with E-state index in [4.69, 9.17) is 14.6 Å². The Hall–Kier alpha value is -2.56. The molecule has 19 heavy (non-hydrogen) atoms. The number of hydrogen-bond acceptors (Lipinski definition) is 4. The molecule has 0 fully saturated rings. The minimum atomic E-state index is -1.02. The van der Waals surface area contributed by atoms with E-state index in [1.54, 1.807) is 31.5 Å². The van der Waals surface area contributed by atoms with E-state index < -0.39 is 5.97 Å². The monoisotopic (exact) mass is 259 g/mol. The van der Waals surface area contributed by atoms with E-state index >= 15 is 0 Å². The zero-order chi connectivity index (χ0) is 13.8. The highest BCUT2D eigenvalue weighted by atomic mass is 16.5. The standard InChI is InChI=1S/C14H13NO4/c1-18-12-7-9(3-5-11(12)14(16)17)10-4-6-13(19-2)15-8-10/h3-8H,1-2H3,(H,16,17). The number of hydrogen-bond donors (Lipinski definition) is 1. The maximum Gasteiger partial charge on any atom is 0.339 e. The van der Waals surface area contributed by atoms with Gasteiger partial charge in [-0.3, -0.25) is 0 Å². The normalized spacial score (nSPS) is 10.0. The Morgan fingerprint density at radius 2 is 1.84 bits per heavy atom. The van der Waals surface area contributed by atoms with Crippen molar-refractivity contribution in [3.05, 3.63) is 42.1 Å². The Morgan fingerprint density at radius 1 is 1.11 bits per heavy atom. The smallest absolute Gasteiger partial charge is 0.339 e. The van der Waals surface area contributed by atoms with Gasteiger partial charge in [0.05, 0.1) is 14.2 Å². The highest BCUT2D eigenvalue weighted by molar-refractivity contribution is 5.92. The van der Waals surface area contributed by atoms with Crippen LogP contribution >= 0.6 is 0 Å². The van der Waals surface area contributed by atoms with Gasteiger partial charge in [0.1, 0.15) is 11.3 Å². The molecule has 1 heterocycles. The van der Waals surface area contributed by atoms with Crippen molar-refractivity contribution < 1.29 is 19.4 Å². The summed E-state index contributed by atoms with van der Waals surface area (Å²) in [6.45, 7) is 0. The molecule has 1 aromatic heterocycles. The van der Waals surface area contributed by atoms with E-state index in [1.807, 2.05) is 6.07 Å². The molecule has 2 aromatic rings. The molecule has 0 saturated carbocycles. The first-order valence-electron chi connectivity index (χ1n) is 5.57. The van der Waals surface area contributed by atoms with Crippen LogP contribution in [0.5, 0.6) is 11.6 Å². The third-order valence-electron chi connectivity index (χ3n) is 2.71. The van der Waals surface area contributed by atoms with E-state index in [9.17, 15) is 4.79 Å². The molecule has 0 radical (unpaired) electrons. The summed E-state index contributed by atoms with van der Waals surface area (Å²) in [7, 11) is 2.99. The van der Waals surface area contributed by atoms with Crippen LogP contribution in [0.3, 0.4) is 0 Å². The van der Waals surface area contributed by atoms with Gasteiger partial charge >= 0.3 is 5.97 Å². The largest absolute Gasteiger partial charge is 0.496 e. The molecule has 0 amide bonds. The van der Waals surface area contributed by atoms with Gasteiger partial charge in [0.2, 0.25) is 5.88 Å². The molecule has 0 aliphatic heterocycles. The first-order valence-corrected chi connectivity index (χ1v) is 5.57. The van der Waals surface area contributed by atoms with Crippen molar-refractivity contribution in [2.24, 2.45) is 0 Å². The number of aromatic carboxylic acids is 1. The SMILES string of the molecule is COc1ccc(-c2ccc(C(=O)O)c(OC)c2)cn1. The van der Waals surface area contributed by atoms with Crippen LogP contribution in [0.1, 0.15) is 10.4 Å². The van der Waals surface area contributed by atoms with E-state index in [0.29, 0.717) is 11.6 Å². The molecular formula is C14H13NO4. The molecule has 1 N–H and O–H groups in total. The molecule has 0 spiro atoms. The van der Waals surface area contributed by atoms with E-state index in [-0.39, 0.29) is 5.56 Å². The van der Waals surface area contributed by atoms with Crippen molar-refractivity contribution in [1.82, 2.24) is 4.98 Å². The van der Waals surface area contributed by atoms with Gasteiger partial charge in [-0.25, -0.2) is 9.78 Å². The fraction of sp³-hybridized carbons (Fsp3) is 0.143. The Kier molecular flexibility index (Phi) is 3.66. The van der Waals surface area contributed by atoms with Gasteiger partial charge in [0, 0.05) is 17.8 Å². The van der Waals surface area contributed by atoms with Crippen LogP contribution in [0.4, 0.5) is 0 Å². The Labute approximate surface area is 110 Å². The van der Waals surface area contributed by atoms with Gasteiger partial charge in [0.25, 0.3) is 0 Å². The summed E-state index contributed by atoms with van der Waals surface area (Å²) in [6.07, 6.45) is 1.66. The van der Waals surface area contributed by atoms with Crippen LogP contribution in [0.25, 0.3) is 11.1 Å². The van der Waals surface area contributed by atoms with Gasteiger partial charge in [-0.1, -0.05) is 6.07 Å². The lowest BCUT2D eigenvalue weighted by molar-refractivity contribution is 0.0693. The maximum atomic E-state index is 11.0. The molecule has 1 aromatic carbocycles. The first kappa shape index (κ1) is 12.9. The molecular weight excluding hydrogens is 246 g/mol. The highest BCUT2D eigenvalue weighted by Crippen LogP contribution is 2.27. The molecule has 0 aliphatic carbocycles. The second-order valence-corrected chi connectivity index (χ2v) is 3.81. The summed E-state index contributed by atoms with van der Waals surface area (Å²) >= 11 is 0. The third kappa shape index (κ3) is 2.65. The van der Waals surface area contributed by atoms with Crippen LogP contribution in [-0.2, 0) is 0 Å². The third-order valence-corrected chi connectivity index (χ3v) is 2.71. The summed E-state index contributed by atoms with van der Waals surface area (Å²) in [5, 5.41) is 9.02. The van der Waals surface area contributed by atoms with Crippen LogP contribution in [0.15, 0.2) is 36.5 Å². The van der Waals surface area contributed by atoms with Gasteiger partial charge in [-0.05, 0) is 23.8 Å². The average molecular weight is 259 g/mol. The maximum absolute atomic E-state index is 11.0. The number of rotatable bonds is 4. The number of ether oxygens (including phenoxy) is 2. The van der Waals surface area contributed by atoms with Crippen LogP contribution in [-0.4, -0.2) is 30.3 Å². The molecule has 2 rings (SSSR count). The zero-order valence-corrected chi connectivity index (χ0v) is 10.6. The number of aromatic nitrogens is 1. The molecule has 5 heteroatoms. The molecule has 0 bridgehead atoms. The van der Waals surface area contributed by atoms with Crippen molar-refractivity contribution in [1.29, 1.82) is 0 Å². The van der Waals surface area contributed by atoms with Crippen LogP contribution < -0.4 is 9.47 Å². The first-order chi connectivity index (χ1) is 9.15. The van der Waals surface area contributed by atoms with Gasteiger partial charge < -0.3 is 14.6 Å². The number of nitrogens with zero attached hydrogens (tertiary/aromatic N) is 1. The Balaban J connectivity index is 2.42. The van der Waals surface area contributed by atoms with Crippen molar-refractivity contribution in [3.63, 3.8) is 0 Å². The number of methoxy groups -OCH3 is 2. The number of carboxylic acids is 1. The zero-order valence-electron chi connectivity index (χ0n) is 10.6. The lowest BCUT2D eigenvalue weighted by Gasteiger charge is -2.08. The molecule has 0 saturated heterocycles. The van der Waals surface area contributed by atoms with Gasteiger partial charge in [-0.15, -0.1) is 0 Å². The molecule has 0 unspecified atom stereocenters. The summed E-state index contributed by atoms with van der Waals surface area (Å²) in [5.74, 6) is -0.171. The van der Waals surface area contributed by atoms with Crippen LogP contribution in [0.2, 0.25) is 0 Å². The number of benzene rings is 1. The summed E-state index contributed by atoms with van der Waals surface area (Å²) in [5.41, 5.74) is 1.82. The van der Waals surface area contributed by atoms with E-state index in [0.717, 1.165) is 11.1 Å². The predicted molar refractivity (Wildman–Crippen MR) is 69.7 cm³/mol. The minimum absolute atomic E-state index is 0.132. The second kappa shape index (κ2) is 5.39. The minimum Gasteiger partial charge on any atom is -0.496 e. The topological polar surface area (TPSA) is 68.7 Å².